The quantitative estimate of drug-likeness (QED) is 0.394. The Balaban J connectivity index is 2.17. The van der Waals surface area contributed by atoms with Gasteiger partial charge in [0.1, 0.15) is 0 Å². The fourth-order valence-electron chi connectivity index (χ4n) is 2.61. The van der Waals surface area contributed by atoms with Gasteiger partial charge < -0.3 is 18.6 Å². The minimum atomic E-state index is -2.43. The molecule has 0 aromatic heterocycles. The summed E-state index contributed by atoms with van der Waals surface area (Å²) in [5.74, 6) is 0. The smallest absolute Gasteiger partial charge is 0.385 e. The van der Waals surface area contributed by atoms with E-state index >= 15 is 0 Å². The molecule has 0 spiro atoms. The third kappa shape index (κ3) is 8.51. The van der Waals surface area contributed by atoms with Crippen LogP contribution in [0.2, 0.25) is 6.04 Å². The Bertz CT molecular complexity index is 372. The summed E-state index contributed by atoms with van der Waals surface area (Å²) in [5, 5.41) is 3.45. The van der Waals surface area contributed by atoms with Crippen LogP contribution in [0.25, 0.3) is 0 Å². The molecule has 132 valence electrons. The van der Waals surface area contributed by atoms with E-state index in [1.54, 1.807) is 0 Å². The van der Waals surface area contributed by atoms with Gasteiger partial charge in [-0.3, -0.25) is 0 Å². The molecule has 0 fully saturated rings. The second-order valence-corrected chi connectivity index (χ2v) is 8.17. The van der Waals surface area contributed by atoms with Crippen molar-refractivity contribution in [3.63, 3.8) is 0 Å². The molecule has 0 aliphatic carbocycles. The minimum Gasteiger partial charge on any atom is -0.385 e. The summed E-state index contributed by atoms with van der Waals surface area (Å²) >= 11 is 0. The van der Waals surface area contributed by atoms with Gasteiger partial charge in [0.2, 0.25) is 0 Å². The molecule has 1 aromatic carbocycles. The fraction of sp³-hybridized carbons (Fsp3) is 0.667. The van der Waals surface area contributed by atoms with Gasteiger partial charge in [0.15, 0.2) is 0 Å². The molecular formula is C18H33NO3Si. The first kappa shape index (κ1) is 20.2. The summed E-state index contributed by atoms with van der Waals surface area (Å²) in [5.41, 5.74) is 1.20. The number of rotatable bonds is 14. The van der Waals surface area contributed by atoms with Crippen LogP contribution in [0, 0.1) is 0 Å². The Kier molecular flexibility index (Phi) is 11.0. The molecule has 0 saturated carbocycles. The molecule has 0 heterocycles. The molecule has 0 aliphatic heterocycles. The summed E-state index contributed by atoms with van der Waals surface area (Å²) in [6.07, 6.45) is 4.70. The Morgan fingerprint density at radius 2 is 1.35 bits per heavy atom. The second kappa shape index (κ2) is 12.5. The van der Waals surface area contributed by atoms with Crippen molar-refractivity contribution in [3.8, 4) is 0 Å². The van der Waals surface area contributed by atoms with E-state index in [0.29, 0.717) is 19.8 Å². The highest BCUT2D eigenvalue weighted by Crippen LogP contribution is 2.20. The molecule has 4 nitrogen and oxygen atoms in total. The van der Waals surface area contributed by atoms with Gasteiger partial charge >= 0.3 is 8.80 Å². The number of anilines is 1. The van der Waals surface area contributed by atoms with Crippen LogP contribution in [0.4, 0.5) is 5.69 Å². The number of benzene rings is 1. The zero-order chi connectivity index (χ0) is 16.8. The molecule has 0 atom stereocenters. The van der Waals surface area contributed by atoms with E-state index in [4.69, 9.17) is 13.3 Å². The van der Waals surface area contributed by atoms with Gasteiger partial charge in [0.05, 0.1) is 0 Å². The van der Waals surface area contributed by atoms with Gasteiger partial charge in [-0.05, 0) is 45.7 Å². The van der Waals surface area contributed by atoms with Crippen LogP contribution in [0.5, 0.6) is 0 Å². The highest BCUT2D eigenvalue weighted by molar-refractivity contribution is 6.60. The van der Waals surface area contributed by atoms with Gasteiger partial charge in [-0.2, -0.15) is 0 Å². The lowest BCUT2D eigenvalue weighted by Crippen LogP contribution is -2.45. The van der Waals surface area contributed by atoms with Crippen LogP contribution < -0.4 is 5.32 Å². The molecule has 0 amide bonds. The fourth-order valence-corrected chi connectivity index (χ4v) is 5.30. The van der Waals surface area contributed by atoms with Crippen LogP contribution in [-0.4, -0.2) is 35.2 Å². The van der Waals surface area contributed by atoms with Crippen molar-refractivity contribution >= 4 is 14.5 Å². The first-order valence-electron chi connectivity index (χ1n) is 8.97. The van der Waals surface area contributed by atoms with E-state index in [-0.39, 0.29) is 0 Å². The molecule has 0 radical (unpaired) electrons. The van der Waals surface area contributed by atoms with Crippen molar-refractivity contribution in [1.29, 1.82) is 0 Å². The molecule has 23 heavy (non-hydrogen) atoms. The SMILES string of the molecule is CCO[Si](CCCCCCNc1ccccc1)(OCC)OCC. The predicted octanol–water partition coefficient (Wildman–Crippen LogP) is 4.71. The van der Waals surface area contributed by atoms with Gasteiger partial charge in [0.25, 0.3) is 0 Å². The van der Waals surface area contributed by atoms with E-state index in [0.717, 1.165) is 19.0 Å². The van der Waals surface area contributed by atoms with E-state index in [2.05, 4.69) is 29.6 Å². The molecular weight excluding hydrogens is 306 g/mol. The minimum absolute atomic E-state index is 0.660. The highest BCUT2D eigenvalue weighted by atomic mass is 28.4. The highest BCUT2D eigenvalue weighted by Gasteiger charge is 2.39. The van der Waals surface area contributed by atoms with Crippen molar-refractivity contribution in [1.82, 2.24) is 0 Å². The van der Waals surface area contributed by atoms with E-state index in [1.165, 1.54) is 24.9 Å². The molecule has 0 aliphatic rings. The van der Waals surface area contributed by atoms with Gasteiger partial charge in [-0.15, -0.1) is 0 Å². The van der Waals surface area contributed by atoms with Crippen LogP contribution in [0.1, 0.15) is 46.5 Å². The maximum Gasteiger partial charge on any atom is 0.500 e. The molecule has 0 bridgehead atoms. The first-order chi connectivity index (χ1) is 11.3. The molecule has 0 unspecified atom stereocenters. The zero-order valence-corrected chi connectivity index (χ0v) is 16.0. The third-order valence-electron chi connectivity index (χ3n) is 3.61. The van der Waals surface area contributed by atoms with Crippen LogP contribution in [0.15, 0.2) is 30.3 Å². The van der Waals surface area contributed by atoms with Gasteiger partial charge in [-0.1, -0.05) is 31.0 Å². The van der Waals surface area contributed by atoms with Crippen molar-refractivity contribution < 1.29 is 13.3 Å². The molecule has 1 aromatic rings. The van der Waals surface area contributed by atoms with Crippen molar-refractivity contribution in [2.75, 3.05) is 31.7 Å². The Labute approximate surface area is 142 Å². The number of nitrogens with one attached hydrogen (secondary N) is 1. The lowest BCUT2D eigenvalue weighted by Gasteiger charge is -2.28. The topological polar surface area (TPSA) is 39.7 Å². The lowest BCUT2D eigenvalue weighted by atomic mass is 10.2. The summed E-state index contributed by atoms with van der Waals surface area (Å²) in [6, 6.07) is 11.3. The Hall–Kier alpha value is -0.883. The van der Waals surface area contributed by atoms with Crippen LogP contribution in [-0.2, 0) is 13.3 Å². The van der Waals surface area contributed by atoms with Crippen LogP contribution >= 0.6 is 0 Å². The monoisotopic (exact) mass is 339 g/mol. The van der Waals surface area contributed by atoms with Crippen LogP contribution in [0.3, 0.4) is 0 Å². The number of hydrogen-bond donors (Lipinski definition) is 1. The molecule has 0 saturated heterocycles. The lowest BCUT2D eigenvalue weighted by molar-refractivity contribution is 0.0706. The summed E-state index contributed by atoms with van der Waals surface area (Å²) in [6.45, 7) is 9.03. The third-order valence-corrected chi connectivity index (χ3v) is 6.76. The molecule has 5 heteroatoms. The van der Waals surface area contributed by atoms with Crippen molar-refractivity contribution in [2.45, 2.75) is 52.5 Å². The summed E-state index contributed by atoms with van der Waals surface area (Å²) in [4.78, 5) is 0. The number of hydrogen-bond acceptors (Lipinski definition) is 4. The normalized spacial score (nSPS) is 11.6. The summed E-state index contributed by atoms with van der Waals surface area (Å²) in [7, 11) is -2.43. The van der Waals surface area contributed by atoms with Gasteiger partial charge in [-0.25, -0.2) is 0 Å². The van der Waals surface area contributed by atoms with E-state index in [9.17, 15) is 0 Å². The largest absolute Gasteiger partial charge is 0.500 e. The van der Waals surface area contributed by atoms with E-state index in [1.807, 2.05) is 26.8 Å². The predicted molar refractivity (Wildman–Crippen MR) is 98.8 cm³/mol. The standard InChI is InChI=1S/C18H33NO3Si/c1-4-20-23(21-5-2,22-6-3)17-13-8-7-12-16-19-18-14-10-9-11-15-18/h9-11,14-15,19H,4-8,12-13,16-17H2,1-3H3. The summed E-state index contributed by atoms with van der Waals surface area (Å²) < 4.78 is 17.6. The van der Waals surface area contributed by atoms with Crippen molar-refractivity contribution in [2.24, 2.45) is 0 Å². The maximum atomic E-state index is 5.88. The number of para-hydroxylation sites is 1. The average Bonchev–Trinajstić information content (AvgIpc) is 2.56. The van der Waals surface area contributed by atoms with Gasteiger partial charge in [0, 0.05) is 38.1 Å². The molecule has 1 N–H and O–H groups in total. The number of unbranched alkanes of at least 4 members (excludes halogenated alkanes) is 3. The second-order valence-electron chi connectivity index (χ2n) is 5.44. The van der Waals surface area contributed by atoms with Crippen molar-refractivity contribution in [3.05, 3.63) is 30.3 Å². The van der Waals surface area contributed by atoms with E-state index < -0.39 is 8.80 Å². The first-order valence-corrected chi connectivity index (χ1v) is 10.9. The maximum absolute atomic E-state index is 5.88. The Morgan fingerprint density at radius 3 is 1.91 bits per heavy atom. The average molecular weight is 340 g/mol. The Morgan fingerprint density at radius 1 is 0.783 bits per heavy atom. The molecule has 1 rings (SSSR count). The zero-order valence-electron chi connectivity index (χ0n) is 15.0.